The van der Waals surface area contributed by atoms with Crippen molar-refractivity contribution in [3.05, 3.63) is 11.3 Å². The predicted octanol–water partition coefficient (Wildman–Crippen LogP) is 3.04. The van der Waals surface area contributed by atoms with Crippen molar-refractivity contribution >= 4 is 11.8 Å². The summed E-state index contributed by atoms with van der Waals surface area (Å²) in [6.45, 7) is 12.3. The van der Waals surface area contributed by atoms with Crippen molar-refractivity contribution in [1.29, 1.82) is 0 Å². The van der Waals surface area contributed by atoms with Gasteiger partial charge in [0.2, 0.25) is 0 Å². The van der Waals surface area contributed by atoms with Crippen LogP contribution in [0.25, 0.3) is 0 Å². The molecule has 0 spiro atoms. The zero-order valence-corrected chi connectivity index (χ0v) is 12.0. The second kappa shape index (κ2) is 4.63. The van der Waals surface area contributed by atoms with Gasteiger partial charge in [-0.25, -0.2) is 4.79 Å². The maximum absolute atomic E-state index is 11.2. The Hall–Kier alpha value is -1.52. The number of aromatic carboxylic acids is 1. The molecule has 1 rings (SSSR count). The second-order valence-corrected chi connectivity index (χ2v) is 6.62. The van der Waals surface area contributed by atoms with E-state index in [1.165, 1.54) is 0 Å². The Kier molecular flexibility index (Phi) is 3.74. The van der Waals surface area contributed by atoms with Crippen molar-refractivity contribution in [2.24, 2.45) is 5.41 Å². The number of hydrogen-bond acceptors (Lipinski definition) is 3. The molecule has 0 aliphatic carbocycles. The third-order valence-corrected chi connectivity index (χ3v) is 2.59. The fourth-order valence-corrected chi connectivity index (χ4v) is 2.47. The number of anilines is 1. The molecule has 0 atom stereocenters. The Labute approximate surface area is 108 Å². The van der Waals surface area contributed by atoms with Gasteiger partial charge in [-0.3, -0.25) is 5.10 Å². The molecule has 0 aliphatic heterocycles. The average Bonchev–Trinajstić information content (AvgIpc) is 2.40. The second-order valence-electron chi connectivity index (χ2n) is 6.62. The average molecular weight is 253 g/mol. The van der Waals surface area contributed by atoms with E-state index in [1.807, 2.05) is 13.8 Å². The summed E-state index contributed by atoms with van der Waals surface area (Å²) < 4.78 is 0. The molecule has 1 aromatic heterocycles. The van der Waals surface area contributed by atoms with Gasteiger partial charge in [-0.15, -0.1) is 0 Å². The first kappa shape index (κ1) is 14.5. The van der Waals surface area contributed by atoms with E-state index in [-0.39, 0.29) is 16.5 Å². The predicted molar refractivity (Wildman–Crippen MR) is 72.1 cm³/mol. The van der Waals surface area contributed by atoms with E-state index in [2.05, 4.69) is 36.3 Å². The molecule has 0 amide bonds. The highest BCUT2D eigenvalue weighted by atomic mass is 16.4. The van der Waals surface area contributed by atoms with Crippen LogP contribution in [0.1, 0.15) is 57.1 Å². The van der Waals surface area contributed by atoms with E-state index in [4.69, 9.17) is 5.11 Å². The molecule has 5 heteroatoms. The zero-order valence-electron chi connectivity index (χ0n) is 12.0. The molecule has 5 nitrogen and oxygen atoms in total. The quantitative estimate of drug-likeness (QED) is 0.770. The van der Waals surface area contributed by atoms with Crippen LogP contribution < -0.4 is 5.32 Å². The van der Waals surface area contributed by atoms with E-state index >= 15 is 0 Å². The maximum Gasteiger partial charge on any atom is 0.341 e. The molecule has 1 heterocycles. The normalized spacial score (nSPS) is 12.6. The highest BCUT2D eigenvalue weighted by Gasteiger charge is 2.28. The van der Waals surface area contributed by atoms with E-state index in [1.54, 1.807) is 6.92 Å². The van der Waals surface area contributed by atoms with Crippen LogP contribution in [0.4, 0.5) is 5.82 Å². The molecular weight excluding hydrogens is 230 g/mol. The molecule has 0 bridgehead atoms. The zero-order chi connectivity index (χ0) is 14.1. The van der Waals surface area contributed by atoms with Gasteiger partial charge in [0.1, 0.15) is 5.56 Å². The number of nitrogens with zero attached hydrogens (tertiary/aromatic N) is 1. The molecule has 0 saturated heterocycles. The fourth-order valence-electron chi connectivity index (χ4n) is 2.47. The van der Waals surface area contributed by atoms with Crippen molar-refractivity contribution in [3.63, 3.8) is 0 Å². The van der Waals surface area contributed by atoms with Gasteiger partial charge >= 0.3 is 5.97 Å². The van der Waals surface area contributed by atoms with Crippen LogP contribution in [0.3, 0.4) is 0 Å². The third kappa shape index (κ3) is 3.75. The number of carboxylic acids is 1. The Bertz CT molecular complexity index is 442. The Morgan fingerprint density at radius 3 is 2.33 bits per heavy atom. The van der Waals surface area contributed by atoms with Crippen LogP contribution in [0.5, 0.6) is 0 Å². The van der Waals surface area contributed by atoms with E-state index in [0.29, 0.717) is 11.5 Å². The molecule has 0 aliphatic rings. The number of H-pyrrole nitrogens is 1. The minimum absolute atomic E-state index is 0.158. The number of carboxylic acid groups (broad SMARTS) is 1. The summed E-state index contributed by atoms with van der Waals surface area (Å²) in [7, 11) is 0. The molecule has 0 radical (unpaired) electrons. The van der Waals surface area contributed by atoms with Gasteiger partial charge in [0, 0.05) is 11.2 Å². The Balaban J connectivity index is 2.94. The van der Waals surface area contributed by atoms with Crippen LogP contribution in [0, 0.1) is 12.3 Å². The van der Waals surface area contributed by atoms with Crippen LogP contribution in [-0.4, -0.2) is 26.8 Å². The van der Waals surface area contributed by atoms with E-state index in [9.17, 15) is 4.79 Å². The minimum atomic E-state index is -0.963. The lowest BCUT2D eigenvalue weighted by Gasteiger charge is -2.33. The fraction of sp³-hybridized carbons (Fsp3) is 0.692. The maximum atomic E-state index is 11.2. The van der Waals surface area contributed by atoms with Crippen molar-refractivity contribution in [3.8, 4) is 0 Å². The van der Waals surface area contributed by atoms with Crippen molar-refractivity contribution < 1.29 is 9.90 Å². The first-order valence-corrected chi connectivity index (χ1v) is 6.08. The molecular formula is C13H23N3O2. The highest BCUT2D eigenvalue weighted by Crippen LogP contribution is 2.30. The lowest BCUT2D eigenvalue weighted by atomic mass is 9.82. The third-order valence-electron chi connectivity index (χ3n) is 2.59. The number of aryl methyl sites for hydroxylation is 1. The van der Waals surface area contributed by atoms with Gasteiger partial charge in [-0.1, -0.05) is 20.8 Å². The van der Waals surface area contributed by atoms with Gasteiger partial charge in [0.25, 0.3) is 0 Å². The van der Waals surface area contributed by atoms with Gasteiger partial charge in [-0.2, -0.15) is 5.10 Å². The lowest BCUT2D eigenvalue weighted by Crippen LogP contribution is -2.36. The first-order valence-electron chi connectivity index (χ1n) is 6.08. The number of carbonyl (C=O) groups is 1. The smallest absolute Gasteiger partial charge is 0.341 e. The van der Waals surface area contributed by atoms with Gasteiger partial charge in [0.05, 0.1) is 0 Å². The summed E-state index contributed by atoms with van der Waals surface area (Å²) in [5, 5.41) is 19.1. The molecule has 0 fully saturated rings. The Morgan fingerprint density at radius 2 is 1.89 bits per heavy atom. The molecule has 0 saturated carbocycles. The van der Waals surface area contributed by atoms with Gasteiger partial charge < -0.3 is 10.4 Å². The molecule has 3 N–H and O–H groups in total. The van der Waals surface area contributed by atoms with Crippen LogP contribution in [0.2, 0.25) is 0 Å². The van der Waals surface area contributed by atoms with Crippen LogP contribution in [-0.2, 0) is 0 Å². The summed E-state index contributed by atoms with van der Waals surface area (Å²) in [6, 6.07) is 0. The molecule has 1 aromatic rings. The van der Waals surface area contributed by atoms with E-state index < -0.39 is 5.97 Å². The standard InChI is InChI=1S/C13H23N3O2/c1-8-9(11(17)18)10(16-15-8)14-13(5,6)7-12(2,3)4/h7H2,1-6H3,(H,17,18)(H2,14,15,16). The number of nitrogens with one attached hydrogen (secondary N) is 2. The number of aromatic nitrogens is 2. The van der Waals surface area contributed by atoms with E-state index in [0.717, 1.165) is 6.42 Å². The highest BCUT2D eigenvalue weighted by molar-refractivity contribution is 5.94. The van der Waals surface area contributed by atoms with Crippen LogP contribution >= 0.6 is 0 Å². The molecule has 102 valence electrons. The molecule has 18 heavy (non-hydrogen) atoms. The van der Waals surface area contributed by atoms with Crippen molar-refractivity contribution in [2.45, 2.75) is 53.5 Å². The first-order chi connectivity index (χ1) is 8.02. The number of aromatic amines is 1. The summed E-state index contributed by atoms with van der Waals surface area (Å²) in [6.07, 6.45) is 0.908. The summed E-state index contributed by atoms with van der Waals surface area (Å²) in [5.74, 6) is -0.551. The monoisotopic (exact) mass is 253 g/mol. The van der Waals surface area contributed by atoms with Gasteiger partial charge in [-0.05, 0) is 32.6 Å². The topological polar surface area (TPSA) is 78.0 Å². The largest absolute Gasteiger partial charge is 0.477 e. The van der Waals surface area contributed by atoms with Crippen molar-refractivity contribution in [1.82, 2.24) is 10.2 Å². The Morgan fingerprint density at radius 1 is 1.33 bits per heavy atom. The van der Waals surface area contributed by atoms with Crippen LogP contribution in [0.15, 0.2) is 0 Å². The number of hydrogen-bond donors (Lipinski definition) is 3. The summed E-state index contributed by atoms with van der Waals surface area (Å²) >= 11 is 0. The molecule has 0 aromatic carbocycles. The van der Waals surface area contributed by atoms with Crippen molar-refractivity contribution in [2.75, 3.05) is 5.32 Å². The lowest BCUT2D eigenvalue weighted by molar-refractivity contribution is 0.0697. The summed E-state index contributed by atoms with van der Waals surface area (Å²) in [5.41, 5.74) is 0.725. The number of rotatable bonds is 4. The SMILES string of the molecule is Cc1[nH]nc(NC(C)(C)CC(C)(C)C)c1C(=O)O. The minimum Gasteiger partial charge on any atom is -0.477 e. The molecule has 0 unspecified atom stereocenters. The summed E-state index contributed by atoms with van der Waals surface area (Å²) in [4.78, 5) is 11.2. The van der Waals surface area contributed by atoms with Gasteiger partial charge in [0.15, 0.2) is 5.82 Å².